The predicted octanol–water partition coefficient (Wildman–Crippen LogP) is 4.85. The summed E-state index contributed by atoms with van der Waals surface area (Å²) in [5.74, 6) is 0.743. The van der Waals surface area contributed by atoms with Crippen molar-refractivity contribution in [1.29, 1.82) is 0 Å². The van der Waals surface area contributed by atoms with Gasteiger partial charge in [0.1, 0.15) is 5.75 Å². The lowest BCUT2D eigenvalue weighted by Gasteiger charge is -2.25. The van der Waals surface area contributed by atoms with E-state index in [4.69, 9.17) is 16.3 Å². The SMILES string of the molecule is O=C(c1ccc(Br)c(Cl)c1)C1CCOc2ccccc21. The van der Waals surface area contributed by atoms with Crippen molar-refractivity contribution in [2.75, 3.05) is 6.61 Å². The fourth-order valence-electron chi connectivity index (χ4n) is 2.47. The number of para-hydroxylation sites is 1. The van der Waals surface area contributed by atoms with E-state index in [9.17, 15) is 4.79 Å². The van der Waals surface area contributed by atoms with E-state index in [-0.39, 0.29) is 11.7 Å². The molecule has 0 radical (unpaired) electrons. The summed E-state index contributed by atoms with van der Waals surface area (Å²) in [7, 11) is 0. The van der Waals surface area contributed by atoms with E-state index in [1.807, 2.05) is 24.3 Å². The molecule has 1 aliphatic rings. The van der Waals surface area contributed by atoms with E-state index in [0.29, 0.717) is 23.6 Å². The first-order valence-corrected chi connectivity index (χ1v) is 7.55. The van der Waals surface area contributed by atoms with Crippen molar-refractivity contribution in [3.63, 3.8) is 0 Å². The van der Waals surface area contributed by atoms with Gasteiger partial charge in [-0.25, -0.2) is 0 Å². The Morgan fingerprint density at radius 2 is 2.05 bits per heavy atom. The van der Waals surface area contributed by atoms with Crippen molar-refractivity contribution in [2.24, 2.45) is 0 Å². The van der Waals surface area contributed by atoms with Crippen LogP contribution >= 0.6 is 27.5 Å². The maximum Gasteiger partial charge on any atom is 0.170 e. The minimum absolute atomic E-state index is 0.0927. The van der Waals surface area contributed by atoms with E-state index in [0.717, 1.165) is 15.8 Å². The second-order valence-electron chi connectivity index (χ2n) is 4.72. The Morgan fingerprint density at radius 1 is 1.25 bits per heavy atom. The molecule has 1 atom stereocenters. The third kappa shape index (κ3) is 2.48. The van der Waals surface area contributed by atoms with Gasteiger partial charge in [0.05, 0.1) is 17.5 Å². The highest BCUT2D eigenvalue weighted by atomic mass is 79.9. The number of rotatable bonds is 2. The third-order valence-corrected chi connectivity index (χ3v) is 4.71. The lowest BCUT2D eigenvalue weighted by atomic mass is 9.86. The number of halogens is 2. The molecule has 1 heterocycles. The average Bonchev–Trinajstić information content (AvgIpc) is 2.49. The molecule has 102 valence electrons. The van der Waals surface area contributed by atoms with Crippen molar-refractivity contribution < 1.29 is 9.53 Å². The molecule has 0 amide bonds. The Morgan fingerprint density at radius 3 is 2.85 bits per heavy atom. The zero-order chi connectivity index (χ0) is 14.1. The third-order valence-electron chi connectivity index (χ3n) is 3.48. The molecule has 2 aromatic carbocycles. The van der Waals surface area contributed by atoms with Crippen LogP contribution in [0.15, 0.2) is 46.9 Å². The second kappa shape index (κ2) is 5.58. The molecule has 0 saturated carbocycles. The molecule has 20 heavy (non-hydrogen) atoms. The van der Waals surface area contributed by atoms with Crippen LogP contribution in [0.3, 0.4) is 0 Å². The van der Waals surface area contributed by atoms with Crippen LogP contribution in [0, 0.1) is 0 Å². The predicted molar refractivity (Wildman–Crippen MR) is 82.8 cm³/mol. The molecule has 0 aliphatic carbocycles. The summed E-state index contributed by atoms with van der Waals surface area (Å²) in [5.41, 5.74) is 1.60. The quantitative estimate of drug-likeness (QED) is 0.723. The molecule has 2 aromatic rings. The number of ketones is 1. The van der Waals surface area contributed by atoms with Crippen LogP contribution < -0.4 is 4.74 Å². The fraction of sp³-hybridized carbons (Fsp3) is 0.188. The van der Waals surface area contributed by atoms with Gasteiger partial charge < -0.3 is 4.74 Å². The van der Waals surface area contributed by atoms with Gasteiger partial charge in [-0.3, -0.25) is 4.79 Å². The van der Waals surface area contributed by atoms with Gasteiger partial charge in [-0.05, 0) is 40.5 Å². The molecule has 0 spiro atoms. The number of hydrogen-bond donors (Lipinski definition) is 0. The van der Waals surface area contributed by atoms with Crippen molar-refractivity contribution >= 4 is 33.3 Å². The molecule has 0 aromatic heterocycles. The minimum atomic E-state index is -0.155. The van der Waals surface area contributed by atoms with Gasteiger partial charge in [0, 0.05) is 15.6 Å². The highest BCUT2D eigenvalue weighted by molar-refractivity contribution is 9.10. The van der Waals surface area contributed by atoms with Crippen molar-refractivity contribution in [2.45, 2.75) is 12.3 Å². The van der Waals surface area contributed by atoms with Crippen LogP contribution in [0.4, 0.5) is 0 Å². The van der Waals surface area contributed by atoms with Crippen molar-refractivity contribution in [3.8, 4) is 5.75 Å². The van der Waals surface area contributed by atoms with E-state index in [1.54, 1.807) is 18.2 Å². The van der Waals surface area contributed by atoms with Gasteiger partial charge in [-0.15, -0.1) is 0 Å². The fourth-order valence-corrected chi connectivity index (χ4v) is 2.89. The van der Waals surface area contributed by atoms with Crippen LogP contribution in [0.1, 0.15) is 28.3 Å². The van der Waals surface area contributed by atoms with Crippen LogP contribution in [-0.2, 0) is 0 Å². The van der Waals surface area contributed by atoms with E-state index in [1.165, 1.54) is 0 Å². The van der Waals surface area contributed by atoms with Gasteiger partial charge in [0.2, 0.25) is 0 Å². The molecule has 0 N–H and O–H groups in total. The summed E-state index contributed by atoms with van der Waals surface area (Å²) in [6, 6.07) is 13.0. The zero-order valence-electron chi connectivity index (χ0n) is 10.6. The molecule has 3 rings (SSSR count). The van der Waals surface area contributed by atoms with Crippen LogP contribution in [0.5, 0.6) is 5.75 Å². The molecule has 4 heteroatoms. The van der Waals surface area contributed by atoms with E-state index < -0.39 is 0 Å². The topological polar surface area (TPSA) is 26.3 Å². The van der Waals surface area contributed by atoms with Crippen LogP contribution in [0.2, 0.25) is 5.02 Å². The summed E-state index contributed by atoms with van der Waals surface area (Å²) in [5, 5.41) is 0.552. The number of benzene rings is 2. The van der Waals surface area contributed by atoms with Crippen molar-refractivity contribution in [3.05, 3.63) is 63.1 Å². The summed E-state index contributed by atoms with van der Waals surface area (Å²) in [6.07, 6.45) is 0.698. The van der Waals surface area contributed by atoms with E-state index in [2.05, 4.69) is 15.9 Å². The maximum atomic E-state index is 12.7. The zero-order valence-corrected chi connectivity index (χ0v) is 12.9. The molecule has 1 unspecified atom stereocenters. The molecular formula is C16H12BrClO2. The summed E-state index contributed by atoms with van der Waals surface area (Å²) >= 11 is 9.41. The highest BCUT2D eigenvalue weighted by Gasteiger charge is 2.28. The van der Waals surface area contributed by atoms with Crippen LogP contribution in [-0.4, -0.2) is 12.4 Å². The molecule has 1 aliphatic heterocycles. The smallest absolute Gasteiger partial charge is 0.170 e. The number of fused-ring (bicyclic) bond motifs is 1. The molecule has 0 saturated heterocycles. The maximum absolute atomic E-state index is 12.7. The first-order chi connectivity index (χ1) is 9.66. The van der Waals surface area contributed by atoms with Gasteiger partial charge in [-0.2, -0.15) is 0 Å². The Hall–Kier alpha value is -1.32. The van der Waals surface area contributed by atoms with Crippen molar-refractivity contribution in [1.82, 2.24) is 0 Å². The summed E-state index contributed by atoms with van der Waals surface area (Å²) in [6.45, 7) is 0.567. The molecule has 0 bridgehead atoms. The average molecular weight is 352 g/mol. The number of carbonyl (C=O) groups is 1. The Balaban J connectivity index is 1.97. The second-order valence-corrected chi connectivity index (χ2v) is 5.98. The Bertz CT molecular complexity index is 669. The van der Waals surface area contributed by atoms with Gasteiger partial charge in [0.25, 0.3) is 0 Å². The van der Waals surface area contributed by atoms with Gasteiger partial charge >= 0.3 is 0 Å². The lowest BCUT2D eigenvalue weighted by molar-refractivity contribution is 0.0933. The number of hydrogen-bond acceptors (Lipinski definition) is 2. The number of ether oxygens (including phenoxy) is 1. The van der Waals surface area contributed by atoms with Gasteiger partial charge in [0.15, 0.2) is 5.78 Å². The first kappa shape index (κ1) is 13.7. The van der Waals surface area contributed by atoms with Crippen LogP contribution in [0.25, 0.3) is 0 Å². The molecule has 2 nitrogen and oxygen atoms in total. The van der Waals surface area contributed by atoms with E-state index >= 15 is 0 Å². The summed E-state index contributed by atoms with van der Waals surface area (Å²) < 4.78 is 6.39. The largest absolute Gasteiger partial charge is 0.493 e. The monoisotopic (exact) mass is 350 g/mol. The Kier molecular flexibility index (Phi) is 3.81. The normalized spacial score (nSPS) is 17.2. The van der Waals surface area contributed by atoms with Gasteiger partial charge in [-0.1, -0.05) is 35.9 Å². The number of carbonyl (C=O) groups excluding carboxylic acids is 1. The summed E-state index contributed by atoms with van der Waals surface area (Å²) in [4.78, 5) is 12.7. The number of Topliss-reactive ketones (excluding diaryl/α,β-unsaturated/α-hetero) is 1. The Labute approximate surface area is 130 Å². The highest BCUT2D eigenvalue weighted by Crippen LogP contribution is 2.36. The standard InChI is InChI=1S/C16H12BrClO2/c17-13-6-5-10(9-14(13)18)16(19)12-7-8-20-15-4-2-1-3-11(12)15/h1-6,9,12H,7-8H2. The minimum Gasteiger partial charge on any atom is -0.493 e. The molecule has 0 fully saturated rings. The first-order valence-electron chi connectivity index (χ1n) is 6.38. The molecular weight excluding hydrogens is 340 g/mol. The lowest BCUT2D eigenvalue weighted by Crippen LogP contribution is -2.21.